The number of hydrogen-bond acceptors (Lipinski definition) is 6. The van der Waals surface area contributed by atoms with Crippen LogP contribution in [0.25, 0.3) is 0 Å². The van der Waals surface area contributed by atoms with E-state index >= 15 is 0 Å². The third kappa shape index (κ3) is 1.98. The van der Waals surface area contributed by atoms with Crippen LogP contribution in [0, 0.1) is 0 Å². The van der Waals surface area contributed by atoms with Crippen molar-refractivity contribution >= 4 is 0 Å². The summed E-state index contributed by atoms with van der Waals surface area (Å²) in [5, 5.41) is 36.6. The molecule has 6 heteroatoms. The van der Waals surface area contributed by atoms with E-state index in [1.807, 2.05) is 0 Å². The van der Waals surface area contributed by atoms with Gasteiger partial charge in [-0.3, -0.25) is 0 Å². The number of methoxy groups -OCH3 is 1. The van der Waals surface area contributed by atoms with Crippen molar-refractivity contribution in [1.82, 2.24) is 0 Å². The zero-order chi connectivity index (χ0) is 10.0. The second kappa shape index (κ2) is 4.32. The molecule has 1 heterocycles. The van der Waals surface area contributed by atoms with Crippen molar-refractivity contribution < 1.29 is 29.9 Å². The number of hydrogen-bond donors (Lipinski definition) is 4. The maximum Gasteiger partial charge on any atom is 0.186 e. The Hall–Kier alpha value is -0.240. The summed E-state index contributed by atoms with van der Waals surface area (Å²) in [6.45, 7) is -0.440. The van der Waals surface area contributed by atoms with Gasteiger partial charge in [0.2, 0.25) is 0 Å². The van der Waals surface area contributed by atoms with Gasteiger partial charge in [-0.15, -0.1) is 0 Å². The predicted molar refractivity (Wildman–Crippen MR) is 40.8 cm³/mol. The minimum Gasteiger partial charge on any atom is -0.394 e. The molecular formula is C7H14O6. The lowest BCUT2D eigenvalue weighted by atomic mass is 9.99. The summed E-state index contributed by atoms with van der Waals surface area (Å²) in [5.74, 6) is 0. The second-order valence-corrected chi connectivity index (χ2v) is 2.93. The molecule has 1 fully saturated rings. The Bertz CT molecular complexity index is 143. The van der Waals surface area contributed by atoms with Crippen LogP contribution in [0.15, 0.2) is 0 Å². The molecule has 0 radical (unpaired) electrons. The van der Waals surface area contributed by atoms with Gasteiger partial charge in [0.25, 0.3) is 0 Å². The van der Waals surface area contributed by atoms with Gasteiger partial charge in [-0.1, -0.05) is 0 Å². The Labute approximate surface area is 75.3 Å². The summed E-state index contributed by atoms with van der Waals surface area (Å²) in [5.41, 5.74) is 0. The maximum atomic E-state index is 9.28. The Morgan fingerprint density at radius 1 is 1.15 bits per heavy atom. The highest BCUT2D eigenvalue weighted by molar-refractivity contribution is 4.88. The van der Waals surface area contributed by atoms with Gasteiger partial charge in [0.05, 0.1) is 6.61 Å². The van der Waals surface area contributed by atoms with Crippen LogP contribution in [-0.2, 0) is 9.47 Å². The monoisotopic (exact) mass is 194 g/mol. The molecule has 1 aliphatic heterocycles. The number of aliphatic hydroxyl groups excluding tert-OH is 4. The van der Waals surface area contributed by atoms with Crippen LogP contribution in [0.4, 0.5) is 0 Å². The first kappa shape index (κ1) is 10.8. The molecule has 0 amide bonds. The van der Waals surface area contributed by atoms with Crippen molar-refractivity contribution in [2.24, 2.45) is 0 Å². The molecule has 0 bridgehead atoms. The fourth-order valence-corrected chi connectivity index (χ4v) is 1.26. The molecule has 1 rings (SSSR count). The lowest BCUT2D eigenvalue weighted by Gasteiger charge is -2.38. The molecule has 5 atom stereocenters. The van der Waals surface area contributed by atoms with Crippen molar-refractivity contribution in [3.8, 4) is 0 Å². The summed E-state index contributed by atoms with van der Waals surface area (Å²) in [4.78, 5) is 0. The second-order valence-electron chi connectivity index (χ2n) is 2.93. The molecular weight excluding hydrogens is 180 g/mol. The first-order valence-electron chi connectivity index (χ1n) is 3.95. The average Bonchev–Trinajstić information content (AvgIpc) is 2.15. The highest BCUT2D eigenvalue weighted by Gasteiger charge is 2.43. The molecule has 1 aliphatic rings. The fraction of sp³-hybridized carbons (Fsp3) is 1.00. The zero-order valence-electron chi connectivity index (χ0n) is 7.20. The SMILES string of the molecule is COC1O[C@H](CO)C(O)[C@@H](O)[C@H]1O. The molecule has 13 heavy (non-hydrogen) atoms. The van der Waals surface area contributed by atoms with Crippen molar-refractivity contribution in [1.29, 1.82) is 0 Å². The first-order chi connectivity index (χ1) is 6.11. The molecule has 0 aliphatic carbocycles. The third-order valence-electron chi connectivity index (χ3n) is 2.08. The van der Waals surface area contributed by atoms with Crippen LogP contribution in [0.3, 0.4) is 0 Å². The van der Waals surface area contributed by atoms with E-state index in [-0.39, 0.29) is 0 Å². The molecule has 4 N–H and O–H groups in total. The van der Waals surface area contributed by atoms with E-state index in [1.54, 1.807) is 0 Å². The van der Waals surface area contributed by atoms with Crippen LogP contribution in [0.1, 0.15) is 0 Å². The molecule has 0 spiro atoms. The standard InChI is InChI=1S/C7H14O6/c1-12-7-6(11)5(10)4(9)3(2-8)13-7/h3-11H,2H2,1H3/t3-,4?,5-,6-,7?/m1/s1. The molecule has 2 unspecified atom stereocenters. The minimum absolute atomic E-state index is 0.440. The van der Waals surface area contributed by atoms with Crippen LogP contribution < -0.4 is 0 Å². The van der Waals surface area contributed by atoms with E-state index < -0.39 is 37.3 Å². The Morgan fingerprint density at radius 3 is 2.23 bits per heavy atom. The fourth-order valence-electron chi connectivity index (χ4n) is 1.26. The summed E-state index contributed by atoms with van der Waals surface area (Å²) in [7, 11) is 1.30. The van der Waals surface area contributed by atoms with Crippen molar-refractivity contribution in [3.05, 3.63) is 0 Å². The summed E-state index contributed by atoms with van der Waals surface area (Å²) < 4.78 is 9.65. The van der Waals surface area contributed by atoms with Crippen LogP contribution in [0.2, 0.25) is 0 Å². The lowest BCUT2D eigenvalue weighted by molar-refractivity contribution is -0.294. The molecule has 6 nitrogen and oxygen atoms in total. The van der Waals surface area contributed by atoms with Crippen molar-refractivity contribution in [2.45, 2.75) is 30.7 Å². The van der Waals surface area contributed by atoms with Crippen molar-refractivity contribution in [2.75, 3.05) is 13.7 Å². The smallest absolute Gasteiger partial charge is 0.186 e. The minimum atomic E-state index is -1.36. The van der Waals surface area contributed by atoms with E-state index in [0.717, 1.165) is 0 Å². The normalized spacial score (nSPS) is 46.4. The van der Waals surface area contributed by atoms with E-state index in [4.69, 9.17) is 14.6 Å². The van der Waals surface area contributed by atoms with Crippen LogP contribution in [0.5, 0.6) is 0 Å². The molecule has 0 aromatic heterocycles. The third-order valence-corrected chi connectivity index (χ3v) is 2.08. The average molecular weight is 194 g/mol. The molecule has 1 saturated heterocycles. The first-order valence-corrected chi connectivity index (χ1v) is 3.95. The molecule has 0 saturated carbocycles. The van der Waals surface area contributed by atoms with Crippen molar-refractivity contribution in [3.63, 3.8) is 0 Å². The molecule has 0 aromatic rings. The van der Waals surface area contributed by atoms with Crippen LogP contribution >= 0.6 is 0 Å². The van der Waals surface area contributed by atoms with Gasteiger partial charge < -0.3 is 29.9 Å². The summed E-state index contributed by atoms with van der Waals surface area (Å²) in [6.07, 6.45) is -5.91. The number of ether oxygens (including phenoxy) is 2. The largest absolute Gasteiger partial charge is 0.394 e. The number of aliphatic hydroxyl groups is 4. The summed E-state index contributed by atoms with van der Waals surface area (Å²) in [6, 6.07) is 0. The lowest BCUT2D eigenvalue weighted by Crippen LogP contribution is -2.58. The van der Waals surface area contributed by atoms with Gasteiger partial charge in [0, 0.05) is 7.11 Å². The van der Waals surface area contributed by atoms with E-state index in [2.05, 4.69) is 0 Å². The Kier molecular flexibility index (Phi) is 3.60. The van der Waals surface area contributed by atoms with E-state index in [9.17, 15) is 15.3 Å². The summed E-state index contributed by atoms with van der Waals surface area (Å²) >= 11 is 0. The Balaban J connectivity index is 2.66. The van der Waals surface area contributed by atoms with Gasteiger partial charge in [-0.2, -0.15) is 0 Å². The van der Waals surface area contributed by atoms with E-state index in [0.29, 0.717) is 0 Å². The quantitative estimate of drug-likeness (QED) is 0.386. The maximum absolute atomic E-state index is 9.28. The molecule has 0 aromatic carbocycles. The van der Waals surface area contributed by atoms with Gasteiger partial charge in [0.15, 0.2) is 6.29 Å². The topological polar surface area (TPSA) is 99.4 Å². The number of rotatable bonds is 2. The van der Waals surface area contributed by atoms with Gasteiger partial charge in [0.1, 0.15) is 24.4 Å². The van der Waals surface area contributed by atoms with Crippen LogP contribution in [-0.4, -0.2) is 64.8 Å². The van der Waals surface area contributed by atoms with Gasteiger partial charge in [-0.25, -0.2) is 0 Å². The highest BCUT2D eigenvalue weighted by atomic mass is 16.7. The Morgan fingerprint density at radius 2 is 1.77 bits per heavy atom. The van der Waals surface area contributed by atoms with Gasteiger partial charge in [-0.05, 0) is 0 Å². The highest BCUT2D eigenvalue weighted by Crippen LogP contribution is 2.20. The van der Waals surface area contributed by atoms with E-state index in [1.165, 1.54) is 7.11 Å². The molecule has 78 valence electrons. The van der Waals surface area contributed by atoms with Gasteiger partial charge >= 0.3 is 0 Å². The predicted octanol–water partition coefficient (Wildman–Crippen LogP) is -2.57. The zero-order valence-corrected chi connectivity index (χ0v) is 7.20.